The fourth-order valence-electron chi connectivity index (χ4n) is 2.71. The normalized spacial score (nSPS) is 12.8. The van der Waals surface area contributed by atoms with Gasteiger partial charge in [-0.1, -0.05) is 67.6 Å². The van der Waals surface area contributed by atoms with Crippen LogP contribution in [-0.4, -0.2) is 23.2 Å². The molecule has 0 aliphatic rings. The number of aliphatic hydroxyl groups is 1. The minimum Gasteiger partial charge on any atom is -0.396 e. The molecule has 1 unspecified atom stereocenters. The van der Waals surface area contributed by atoms with Gasteiger partial charge in [0, 0.05) is 23.6 Å². The molecule has 0 aliphatic carbocycles. The molecule has 22 heavy (non-hydrogen) atoms. The van der Waals surface area contributed by atoms with Crippen molar-refractivity contribution in [3.8, 4) is 0 Å². The molecule has 0 saturated carbocycles. The van der Waals surface area contributed by atoms with Gasteiger partial charge in [-0.15, -0.1) is 0 Å². The van der Waals surface area contributed by atoms with Crippen molar-refractivity contribution < 1.29 is 14.5 Å². The highest BCUT2D eigenvalue weighted by atomic mass is 31.2. The zero-order valence-corrected chi connectivity index (χ0v) is 13.6. The van der Waals surface area contributed by atoms with E-state index in [1.54, 1.807) is 31.2 Å². The second kappa shape index (κ2) is 7.53. The van der Waals surface area contributed by atoms with Gasteiger partial charge in [0.2, 0.25) is 0 Å². The summed E-state index contributed by atoms with van der Waals surface area (Å²) in [5, 5.41) is 10.7. The van der Waals surface area contributed by atoms with Crippen molar-refractivity contribution >= 4 is 23.5 Å². The second-order valence-corrected chi connectivity index (χ2v) is 8.15. The van der Waals surface area contributed by atoms with Crippen LogP contribution in [-0.2, 0) is 9.36 Å². The minimum atomic E-state index is -3.13. The molecular formula is C18H21O3P. The number of hydrogen-bond donors (Lipinski definition) is 1. The number of aliphatic hydroxyl groups excluding tert-OH is 1. The van der Waals surface area contributed by atoms with Crippen molar-refractivity contribution in [2.24, 2.45) is 0 Å². The number of benzene rings is 2. The van der Waals surface area contributed by atoms with Crippen molar-refractivity contribution in [1.29, 1.82) is 0 Å². The number of Topliss-reactive ketones (excluding diaryl/α,β-unsaturated/α-hetero) is 1. The first-order valence-electron chi connectivity index (χ1n) is 7.49. The molecule has 0 saturated heterocycles. The van der Waals surface area contributed by atoms with Crippen LogP contribution >= 0.6 is 7.14 Å². The Hall–Kier alpha value is -1.70. The smallest absolute Gasteiger partial charge is 0.153 e. The van der Waals surface area contributed by atoms with Crippen molar-refractivity contribution in [3.63, 3.8) is 0 Å². The lowest BCUT2D eigenvalue weighted by Crippen LogP contribution is -2.32. The molecule has 1 atom stereocenters. The SMILES string of the molecule is CCC(=O)C(CCO)P(=O)(c1ccccc1)c1ccccc1. The summed E-state index contributed by atoms with van der Waals surface area (Å²) in [6.07, 6.45) is 0.530. The first kappa shape index (κ1) is 16.7. The van der Waals surface area contributed by atoms with E-state index >= 15 is 0 Å². The van der Waals surface area contributed by atoms with E-state index in [-0.39, 0.29) is 18.8 Å². The molecule has 116 valence electrons. The Morgan fingerprint density at radius 2 is 1.45 bits per heavy atom. The van der Waals surface area contributed by atoms with E-state index in [1.165, 1.54) is 0 Å². The van der Waals surface area contributed by atoms with Gasteiger partial charge in [0.05, 0.1) is 5.66 Å². The molecule has 3 nitrogen and oxygen atoms in total. The number of hydrogen-bond acceptors (Lipinski definition) is 3. The van der Waals surface area contributed by atoms with Crippen molar-refractivity contribution in [2.45, 2.75) is 25.4 Å². The fraction of sp³-hybridized carbons (Fsp3) is 0.278. The standard InChI is InChI=1S/C18H21O3P/c1-2-17(20)18(13-14-19)22(21,15-9-5-3-6-10-15)16-11-7-4-8-12-16/h3-12,18-19H,2,13-14H2,1H3. The molecular weight excluding hydrogens is 295 g/mol. The molecule has 0 radical (unpaired) electrons. The van der Waals surface area contributed by atoms with E-state index in [4.69, 9.17) is 0 Å². The molecule has 0 heterocycles. The topological polar surface area (TPSA) is 54.4 Å². The number of carbonyl (C=O) groups excluding carboxylic acids is 1. The summed E-state index contributed by atoms with van der Waals surface area (Å²) in [6, 6.07) is 18.3. The van der Waals surface area contributed by atoms with Gasteiger partial charge < -0.3 is 9.67 Å². The van der Waals surface area contributed by atoms with Crippen LogP contribution in [0.1, 0.15) is 19.8 Å². The Morgan fingerprint density at radius 1 is 1.00 bits per heavy atom. The Morgan fingerprint density at radius 3 is 1.82 bits per heavy atom. The summed E-state index contributed by atoms with van der Waals surface area (Å²) in [5.41, 5.74) is -0.674. The Balaban J connectivity index is 2.64. The summed E-state index contributed by atoms with van der Waals surface area (Å²) in [6.45, 7) is 1.62. The highest BCUT2D eigenvalue weighted by molar-refractivity contribution is 7.80. The van der Waals surface area contributed by atoms with E-state index in [2.05, 4.69) is 0 Å². The molecule has 2 aromatic rings. The molecule has 4 heteroatoms. The van der Waals surface area contributed by atoms with Gasteiger partial charge in [-0.3, -0.25) is 4.79 Å². The van der Waals surface area contributed by atoms with Gasteiger partial charge in [0.15, 0.2) is 7.14 Å². The van der Waals surface area contributed by atoms with E-state index in [0.29, 0.717) is 17.0 Å². The van der Waals surface area contributed by atoms with Crippen LogP contribution in [0, 0.1) is 0 Å². The van der Waals surface area contributed by atoms with Gasteiger partial charge >= 0.3 is 0 Å². The first-order chi connectivity index (χ1) is 10.6. The second-order valence-electron chi connectivity index (χ2n) is 5.18. The molecule has 1 N–H and O–H groups in total. The largest absolute Gasteiger partial charge is 0.396 e. The zero-order chi connectivity index (χ0) is 16.0. The highest BCUT2D eigenvalue weighted by Gasteiger charge is 2.39. The third-order valence-electron chi connectivity index (χ3n) is 3.84. The first-order valence-corrected chi connectivity index (χ1v) is 9.26. The van der Waals surface area contributed by atoms with Crippen molar-refractivity contribution in [2.75, 3.05) is 6.61 Å². The van der Waals surface area contributed by atoms with Crippen LogP contribution in [0.25, 0.3) is 0 Å². The van der Waals surface area contributed by atoms with Gasteiger partial charge in [0.1, 0.15) is 5.78 Å². The van der Waals surface area contributed by atoms with Crippen LogP contribution < -0.4 is 10.6 Å². The summed E-state index contributed by atoms with van der Waals surface area (Å²) in [4.78, 5) is 12.4. The van der Waals surface area contributed by atoms with Crippen molar-refractivity contribution in [1.82, 2.24) is 0 Å². The predicted octanol–water partition coefficient (Wildman–Crippen LogP) is 2.73. The Labute approximate surface area is 131 Å². The highest BCUT2D eigenvalue weighted by Crippen LogP contribution is 2.50. The average molecular weight is 316 g/mol. The van der Waals surface area contributed by atoms with Gasteiger partial charge in [-0.25, -0.2) is 0 Å². The zero-order valence-electron chi connectivity index (χ0n) is 12.7. The summed E-state index contributed by atoms with van der Waals surface area (Å²) in [7, 11) is -3.13. The minimum absolute atomic E-state index is 0.0647. The number of ketones is 1. The fourth-order valence-corrected chi connectivity index (χ4v) is 6.03. The number of rotatable bonds is 7. The molecule has 0 amide bonds. The molecule has 0 fully saturated rings. The Bertz CT molecular complexity index is 609. The van der Waals surface area contributed by atoms with E-state index in [0.717, 1.165) is 0 Å². The Kier molecular flexibility index (Phi) is 5.70. The van der Waals surface area contributed by atoms with Crippen LogP contribution in [0.15, 0.2) is 60.7 Å². The molecule has 0 aliphatic heterocycles. The molecule has 2 rings (SSSR count). The van der Waals surface area contributed by atoms with Gasteiger partial charge in [0.25, 0.3) is 0 Å². The molecule has 0 aromatic heterocycles. The summed E-state index contributed by atoms with van der Waals surface area (Å²) < 4.78 is 14.0. The van der Waals surface area contributed by atoms with E-state index in [1.807, 2.05) is 36.4 Å². The van der Waals surface area contributed by atoms with E-state index in [9.17, 15) is 14.5 Å². The quantitative estimate of drug-likeness (QED) is 0.799. The summed E-state index contributed by atoms with van der Waals surface area (Å²) in [5.74, 6) is -0.0647. The maximum absolute atomic E-state index is 14.0. The molecule has 2 aromatic carbocycles. The average Bonchev–Trinajstić information content (AvgIpc) is 2.60. The number of carbonyl (C=O) groups is 1. The van der Waals surface area contributed by atoms with Crippen molar-refractivity contribution in [3.05, 3.63) is 60.7 Å². The van der Waals surface area contributed by atoms with Crippen LogP contribution in [0.5, 0.6) is 0 Å². The van der Waals surface area contributed by atoms with Gasteiger partial charge in [-0.05, 0) is 6.42 Å². The lowest BCUT2D eigenvalue weighted by Gasteiger charge is -2.27. The molecule has 0 bridgehead atoms. The third-order valence-corrected chi connectivity index (χ3v) is 7.40. The lowest BCUT2D eigenvalue weighted by molar-refractivity contribution is -0.118. The maximum atomic E-state index is 14.0. The summed E-state index contributed by atoms with van der Waals surface area (Å²) >= 11 is 0. The monoisotopic (exact) mass is 316 g/mol. The van der Waals surface area contributed by atoms with Crippen LogP contribution in [0.2, 0.25) is 0 Å². The lowest BCUT2D eigenvalue weighted by atomic mass is 10.2. The maximum Gasteiger partial charge on any atom is 0.153 e. The third kappa shape index (κ3) is 3.21. The predicted molar refractivity (Wildman–Crippen MR) is 90.5 cm³/mol. The molecule has 0 spiro atoms. The van der Waals surface area contributed by atoms with Crippen LogP contribution in [0.3, 0.4) is 0 Å². The van der Waals surface area contributed by atoms with E-state index < -0.39 is 12.8 Å². The van der Waals surface area contributed by atoms with Gasteiger partial charge in [-0.2, -0.15) is 0 Å². The van der Waals surface area contributed by atoms with Crippen LogP contribution in [0.4, 0.5) is 0 Å².